The Kier molecular flexibility index (Phi) is 4.58. The number of hydrogen-bond acceptors (Lipinski definition) is 3. The smallest absolute Gasteiger partial charge is 0.253 e. The number of amides is 2. The van der Waals surface area contributed by atoms with Crippen LogP contribution >= 0.6 is 0 Å². The van der Waals surface area contributed by atoms with Gasteiger partial charge in [-0.05, 0) is 19.3 Å². The summed E-state index contributed by atoms with van der Waals surface area (Å²) < 4.78 is 5.45. The third-order valence-corrected chi connectivity index (χ3v) is 3.65. The SMILES string of the molecule is CN(C)C(=O)C1CN(C(=O)CC2=CCCC2)CCO1. The van der Waals surface area contributed by atoms with Crippen LogP contribution in [0, 0.1) is 0 Å². The Hall–Kier alpha value is -1.36. The maximum atomic E-state index is 12.2. The predicted octanol–water partition coefficient (Wildman–Crippen LogP) is 0.802. The average molecular weight is 266 g/mol. The number of hydrogen-bond donors (Lipinski definition) is 0. The number of morpholine rings is 1. The minimum Gasteiger partial charge on any atom is -0.365 e. The fraction of sp³-hybridized carbons (Fsp3) is 0.714. The molecule has 1 saturated heterocycles. The van der Waals surface area contributed by atoms with Crippen molar-refractivity contribution in [3.8, 4) is 0 Å². The van der Waals surface area contributed by atoms with Gasteiger partial charge in [0.2, 0.25) is 5.91 Å². The topological polar surface area (TPSA) is 49.9 Å². The highest BCUT2D eigenvalue weighted by Gasteiger charge is 2.30. The van der Waals surface area contributed by atoms with Crippen molar-refractivity contribution in [2.45, 2.75) is 31.8 Å². The Morgan fingerprint density at radius 3 is 2.89 bits per heavy atom. The van der Waals surface area contributed by atoms with Gasteiger partial charge in [-0.2, -0.15) is 0 Å². The van der Waals surface area contributed by atoms with Gasteiger partial charge in [0, 0.05) is 27.1 Å². The van der Waals surface area contributed by atoms with Crippen LogP contribution in [0.4, 0.5) is 0 Å². The summed E-state index contributed by atoms with van der Waals surface area (Å²) in [4.78, 5) is 27.3. The van der Waals surface area contributed by atoms with E-state index < -0.39 is 6.10 Å². The summed E-state index contributed by atoms with van der Waals surface area (Å²) in [7, 11) is 3.41. The van der Waals surface area contributed by atoms with Crippen molar-refractivity contribution in [3.63, 3.8) is 0 Å². The molecule has 0 bridgehead atoms. The van der Waals surface area contributed by atoms with Gasteiger partial charge in [0.15, 0.2) is 6.10 Å². The van der Waals surface area contributed by atoms with E-state index in [2.05, 4.69) is 6.08 Å². The molecule has 0 radical (unpaired) electrons. The minimum absolute atomic E-state index is 0.0717. The second-order valence-corrected chi connectivity index (χ2v) is 5.36. The number of carbonyl (C=O) groups is 2. The summed E-state index contributed by atoms with van der Waals surface area (Å²) in [6.07, 6.45) is 5.45. The van der Waals surface area contributed by atoms with Gasteiger partial charge < -0.3 is 14.5 Å². The Bertz CT molecular complexity index is 390. The van der Waals surface area contributed by atoms with E-state index in [1.807, 2.05) is 0 Å². The molecular formula is C14H22N2O3. The van der Waals surface area contributed by atoms with Crippen molar-refractivity contribution in [2.24, 2.45) is 0 Å². The van der Waals surface area contributed by atoms with Crippen LogP contribution < -0.4 is 0 Å². The lowest BCUT2D eigenvalue weighted by Gasteiger charge is -2.33. The number of carbonyl (C=O) groups excluding carboxylic acids is 2. The summed E-state index contributed by atoms with van der Waals surface area (Å²) in [5, 5.41) is 0. The lowest BCUT2D eigenvalue weighted by Crippen LogP contribution is -2.51. The van der Waals surface area contributed by atoms with Gasteiger partial charge in [0.25, 0.3) is 5.91 Å². The monoisotopic (exact) mass is 266 g/mol. The zero-order chi connectivity index (χ0) is 13.8. The van der Waals surface area contributed by atoms with E-state index in [0.717, 1.165) is 19.3 Å². The molecule has 0 spiro atoms. The minimum atomic E-state index is -0.509. The first-order valence-electron chi connectivity index (χ1n) is 6.86. The van der Waals surface area contributed by atoms with Crippen LogP contribution in [0.2, 0.25) is 0 Å². The van der Waals surface area contributed by atoms with Crippen molar-refractivity contribution in [3.05, 3.63) is 11.6 Å². The first-order chi connectivity index (χ1) is 9.08. The van der Waals surface area contributed by atoms with Gasteiger partial charge in [-0.15, -0.1) is 0 Å². The Labute approximate surface area is 114 Å². The molecule has 19 heavy (non-hydrogen) atoms. The predicted molar refractivity (Wildman–Crippen MR) is 71.6 cm³/mol. The summed E-state index contributed by atoms with van der Waals surface area (Å²) in [6.45, 7) is 1.40. The largest absolute Gasteiger partial charge is 0.365 e. The fourth-order valence-electron chi connectivity index (χ4n) is 2.52. The van der Waals surface area contributed by atoms with Crippen molar-refractivity contribution >= 4 is 11.8 Å². The summed E-state index contributed by atoms with van der Waals surface area (Å²) in [5.41, 5.74) is 1.24. The van der Waals surface area contributed by atoms with Crippen molar-refractivity contribution in [1.82, 2.24) is 9.80 Å². The van der Waals surface area contributed by atoms with Crippen molar-refractivity contribution in [2.75, 3.05) is 33.8 Å². The molecule has 0 aromatic carbocycles. The Balaban J connectivity index is 1.89. The van der Waals surface area contributed by atoms with Gasteiger partial charge in [-0.25, -0.2) is 0 Å². The van der Waals surface area contributed by atoms with Crippen LogP contribution in [0.15, 0.2) is 11.6 Å². The summed E-state index contributed by atoms with van der Waals surface area (Å²) >= 11 is 0. The van der Waals surface area contributed by atoms with Crippen molar-refractivity contribution < 1.29 is 14.3 Å². The molecule has 1 unspecified atom stereocenters. The highest BCUT2D eigenvalue weighted by molar-refractivity contribution is 5.83. The van der Waals surface area contributed by atoms with Crippen LogP contribution in [0.5, 0.6) is 0 Å². The number of allylic oxidation sites excluding steroid dienone is 1. The van der Waals surface area contributed by atoms with Gasteiger partial charge >= 0.3 is 0 Å². The molecule has 0 aromatic heterocycles. The molecule has 5 heteroatoms. The second-order valence-electron chi connectivity index (χ2n) is 5.36. The molecule has 2 aliphatic rings. The number of rotatable bonds is 3. The molecule has 1 heterocycles. The van der Waals surface area contributed by atoms with Crippen LogP contribution in [-0.2, 0) is 14.3 Å². The van der Waals surface area contributed by atoms with E-state index in [1.54, 1.807) is 19.0 Å². The second kappa shape index (κ2) is 6.19. The normalized spacial score (nSPS) is 23.2. The highest BCUT2D eigenvalue weighted by Crippen LogP contribution is 2.22. The van der Waals surface area contributed by atoms with E-state index in [1.165, 1.54) is 10.5 Å². The van der Waals surface area contributed by atoms with E-state index in [0.29, 0.717) is 26.1 Å². The summed E-state index contributed by atoms with van der Waals surface area (Å²) in [5.74, 6) is 0.0468. The Morgan fingerprint density at radius 1 is 1.47 bits per heavy atom. The fourth-order valence-corrected chi connectivity index (χ4v) is 2.52. The lowest BCUT2D eigenvalue weighted by atomic mass is 10.1. The third kappa shape index (κ3) is 3.56. The van der Waals surface area contributed by atoms with E-state index in [-0.39, 0.29) is 11.8 Å². The van der Waals surface area contributed by atoms with Crippen LogP contribution in [0.3, 0.4) is 0 Å². The van der Waals surface area contributed by atoms with Crippen LogP contribution in [0.25, 0.3) is 0 Å². The quantitative estimate of drug-likeness (QED) is 0.710. The molecule has 2 rings (SSSR count). The molecule has 1 aliphatic heterocycles. The van der Waals surface area contributed by atoms with Crippen molar-refractivity contribution in [1.29, 1.82) is 0 Å². The van der Waals surface area contributed by atoms with Crippen LogP contribution in [0.1, 0.15) is 25.7 Å². The van der Waals surface area contributed by atoms with E-state index in [9.17, 15) is 9.59 Å². The zero-order valence-electron chi connectivity index (χ0n) is 11.7. The number of likely N-dealkylation sites (N-methyl/N-ethyl adjacent to an activating group) is 1. The van der Waals surface area contributed by atoms with Crippen LogP contribution in [-0.4, -0.2) is 61.5 Å². The standard InChI is InChI=1S/C14H22N2O3/c1-15(2)14(18)12-10-16(7-8-19-12)13(17)9-11-5-3-4-6-11/h5,12H,3-4,6-10H2,1-2H3. The first-order valence-corrected chi connectivity index (χ1v) is 6.86. The average Bonchev–Trinajstić information content (AvgIpc) is 2.90. The Morgan fingerprint density at radius 2 is 2.26 bits per heavy atom. The molecule has 1 aliphatic carbocycles. The molecule has 106 valence electrons. The first kappa shape index (κ1) is 14.1. The number of ether oxygens (including phenoxy) is 1. The van der Waals surface area contributed by atoms with Gasteiger partial charge in [-0.3, -0.25) is 9.59 Å². The summed E-state index contributed by atoms with van der Waals surface area (Å²) in [6, 6.07) is 0. The molecule has 0 saturated carbocycles. The maximum absolute atomic E-state index is 12.2. The number of nitrogens with zero attached hydrogens (tertiary/aromatic N) is 2. The molecule has 2 amide bonds. The van der Waals surface area contributed by atoms with E-state index >= 15 is 0 Å². The maximum Gasteiger partial charge on any atom is 0.253 e. The molecule has 1 atom stereocenters. The van der Waals surface area contributed by atoms with Gasteiger partial charge in [0.05, 0.1) is 13.2 Å². The molecule has 1 fully saturated rings. The van der Waals surface area contributed by atoms with Gasteiger partial charge in [-0.1, -0.05) is 11.6 Å². The molecular weight excluding hydrogens is 244 g/mol. The third-order valence-electron chi connectivity index (χ3n) is 3.65. The zero-order valence-corrected chi connectivity index (χ0v) is 11.7. The molecule has 0 N–H and O–H groups in total. The molecule has 0 aromatic rings. The van der Waals surface area contributed by atoms with Gasteiger partial charge in [0.1, 0.15) is 0 Å². The highest BCUT2D eigenvalue weighted by atomic mass is 16.5. The lowest BCUT2D eigenvalue weighted by molar-refractivity contribution is -0.152. The molecule has 5 nitrogen and oxygen atoms in total. The van der Waals surface area contributed by atoms with E-state index in [4.69, 9.17) is 4.74 Å².